The van der Waals surface area contributed by atoms with Gasteiger partial charge in [-0.05, 0) is 118 Å². The van der Waals surface area contributed by atoms with E-state index in [0.717, 1.165) is 0 Å². The van der Waals surface area contributed by atoms with Crippen molar-refractivity contribution < 1.29 is 0 Å². The molecule has 268 valence electrons. The smallest absolute Gasteiger partial charge is 0.116 e. The summed E-state index contributed by atoms with van der Waals surface area (Å²) in [4.78, 5) is 7.74. The molecule has 0 saturated heterocycles. The van der Waals surface area contributed by atoms with E-state index in [1.54, 1.807) is 0 Å². The minimum absolute atomic E-state index is 0.0440. The van der Waals surface area contributed by atoms with Crippen LogP contribution in [0, 0.1) is 0 Å². The third kappa shape index (κ3) is 5.14. The Morgan fingerprint density at radius 3 is 1.15 bits per heavy atom. The number of fused-ring (bicyclic) bond motifs is 6. The van der Waals surface area contributed by atoms with Crippen molar-refractivity contribution in [3.05, 3.63) is 137 Å². The summed E-state index contributed by atoms with van der Waals surface area (Å²) in [6.45, 7) is 32.6. The number of rotatable bonds is 2. The van der Waals surface area contributed by atoms with Crippen molar-refractivity contribution >= 4 is 34.9 Å². The van der Waals surface area contributed by atoms with Crippen LogP contribution in [0.1, 0.15) is 130 Å². The van der Waals surface area contributed by atoms with Crippen LogP contribution >= 0.6 is 23.5 Å². The molecule has 4 aromatic rings. The molecule has 0 amide bonds. The Kier molecular flexibility index (Phi) is 7.80. The highest BCUT2D eigenvalue weighted by molar-refractivity contribution is 8.10. The van der Waals surface area contributed by atoms with Crippen LogP contribution in [0.2, 0.25) is 0 Å². The summed E-state index contributed by atoms with van der Waals surface area (Å²) in [7, 11) is 0. The molecule has 0 bridgehead atoms. The Morgan fingerprint density at radius 2 is 0.808 bits per heavy atom. The highest BCUT2D eigenvalue weighted by Gasteiger charge is 2.41. The summed E-state index contributed by atoms with van der Waals surface area (Å²) in [5.74, 6) is 0. The zero-order valence-electron chi connectivity index (χ0n) is 33.6. The second kappa shape index (κ2) is 11.5. The molecule has 0 atom stereocenters. The van der Waals surface area contributed by atoms with Crippen LogP contribution in [0.5, 0.6) is 0 Å². The molecule has 0 N–H and O–H groups in total. The van der Waals surface area contributed by atoms with Gasteiger partial charge in [-0.25, -0.2) is 0 Å². The average Bonchev–Trinajstić information content (AvgIpc) is 3.70. The van der Waals surface area contributed by atoms with E-state index >= 15 is 0 Å². The van der Waals surface area contributed by atoms with Gasteiger partial charge in [0.25, 0.3) is 0 Å². The maximum absolute atomic E-state index is 2.52. The second-order valence-electron chi connectivity index (χ2n) is 18.5. The molecule has 2 aliphatic carbocycles. The molecular formula is C48H54N2S2. The van der Waals surface area contributed by atoms with Crippen molar-refractivity contribution in [2.75, 3.05) is 9.80 Å². The van der Waals surface area contributed by atoms with Gasteiger partial charge < -0.3 is 9.80 Å². The Hall–Kier alpha value is -3.60. The molecule has 2 heterocycles. The molecule has 0 aromatic heterocycles. The summed E-state index contributed by atoms with van der Waals surface area (Å²) < 4.78 is 0. The van der Waals surface area contributed by atoms with Gasteiger partial charge in [0.2, 0.25) is 0 Å². The highest BCUT2D eigenvalue weighted by atomic mass is 32.2. The van der Waals surface area contributed by atoms with Gasteiger partial charge in [-0.2, -0.15) is 0 Å². The molecule has 4 aliphatic rings. The monoisotopic (exact) mass is 722 g/mol. The predicted molar refractivity (Wildman–Crippen MR) is 229 cm³/mol. The Labute approximate surface area is 321 Å². The van der Waals surface area contributed by atoms with Crippen LogP contribution in [0.4, 0.5) is 11.4 Å². The van der Waals surface area contributed by atoms with Gasteiger partial charge in [-0.3, -0.25) is 0 Å². The van der Waals surface area contributed by atoms with E-state index in [4.69, 9.17) is 0 Å². The molecule has 0 radical (unpaired) electrons. The molecule has 8 rings (SSSR count). The summed E-state index contributed by atoms with van der Waals surface area (Å²) in [6.07, 6.45) is 0. The lowest BCUT2D eigenvalue weighted by atomic mass is 9.79. The SMILES string of the molecule is CC1=C(C)N(c2ccc3c(c2)-c2ccc(C(C)(C)C)cc2C3(C)C)/C(=C2\SC(C)=C(C)N2c2ccc3c(c2)-c2ccc(C(C)(C)C)cc2C3(C)C)S1. The maximum Gasteiger partial charge on any atom is 0.116 e. The van der Waals surface area contributed by atoms with Gasteiger partial charge in [-0.15, -0.1) is 0 Å². The van der Waals surface area contributed by atoms with Gasteiger partial charge >= 0.3 is 0 Å². The van der Waals surface area contributed by atoms with Crippen LogP contribution in [-0.4, -0.2) is 0 Å². The van der Waals surface area contributed by atoms with Gasteiger partial charge in [0, 0.05) is 43.4 Å². The van der Waals surface area contributed by atoms with Gasteiger partial charge in [0.05, 0.1) is 0 Å². The molecule has 0 spiro atoms. The molecule has 0 fully saturated rings. The normalized spacial score (nSPS) is 20.2. The van der Waals surface area contributed by atoms with E-state index in [1.165, 1.54) is 98.3 Å². The number of anilines is 2. The van der Waals surface area contributed by atoms with Crippen LogP contribution < -0.4 is 9.80 Å². The number of hydrogen-bond donors (Lipinski definition) is 0. The van der Waals surface area contributed by atoms with Crippen LogP contribution in [0.3, 0.4) is 0 Å². The first-order valence-electron chi connectivity index (χ1n) is 18.9. The van der Waals surface area contributed by atoms with Crippen molar-refractivity contribution in [2.45, 2.75) is 119 Å². The lowest BCUT2D eigenvalue weighted by Crippen LogP contribution is -2.23. The Morgan fingerprint density at radius 1 is 0.442 bits per heavy atom. The minimum Gasteiger partial charge on any atom is -0.306 e. The quantitative estimate of drug-likeness (QED) is 0.203. The topological polar surface area (TPSA) is 6.48 Å². The van der Waals surface area contributed by atoms with Crippen LogP contribution in [0.15, 0.2) is 104 Å². The van der Waals surface area contributed by atoms with Crippen molar-refractivity contribution in [2.24, 2.45) is 0 Å². The number of allylic oxidation sites excluding steroid dienone is 4. The van der Waals surface area contributed by atoms with Gasteiger partial charge in [-0.1, -0.05) is 141 Å². The Bertz CT molecular complexity index is 2150. The molecule has 2 aliphatic heterocycles. The summed E-state index contributed by atoms with van der Waals surface area (Å²) >= 11 is 3.83. The van der Waals surface area contributed by atoms with Gasteiger partial charge in [0.1, 0.15) is 10.1 Å². The summed E-state index contributed by atoms with van der Waals surface area (Å²) in [5, 5.41) is 2.57. The van der Waals surface area contributed by atoms with Crippen molar-refractivity contribution in [1.82, 2.24) is 0 Å². The lowest BCUT2D eigenvalue weighted by Gasteiger charge is -2.29. The first kappa shape index (κ1) is 35.4. The summed E-state index contributed by atoms with van der Waals surface area (Å²) in [5.41, 5.74) is 19.2. The zero-order chi connectivity index (χ0) is 37.4. The summed E-state index contributed by atoms with van der Waals surface area (Å²) in [6, 6.07) is 28.8. The average molecular weight is 723 g/mol. The molecule has 0 unspecified atom stereocenters. The maximum atomic E-state index is 2.52. The molecule has 4 aromatic carbocycles. The first-order chi connectivity index (χ1) is 24.2. The minimum atomic E-state index is -0.0440. The van der Waals surface area contributed by atoms with Crippen LogP contribution in [-0.2, 0) is 21.7 Å². The van der Waals surface area contributed by atoms with E-state index in [1.807, 2.05) is 23.5 Å². The fraction of sp³-hybridized carbons (Fsp3) is 0.375. The molecule has 52 heavy (non-hydrogen) atoms. The number of thioether (sulfide) groups is 2. The highest BCUT2D eigenvalue weighted by Crippen LogP contribution is 2.57. The van der Waals surface area contributed by atoms with E-state index in [-0.39, 0.29) is 21.7 Å². The second-order valence-corrected chi connectivity index (χ2v) is 20.9. The first-order valence-corrected chi connectivity index (χ1v) is 20.5. The number of nitrogens with zero attached hydrogens (tertiary/aromatic N) is 2. The van der Waals surface area contributed by atoms with Crippen molar-refractivity contribution in [3.8, 4) is 22.3 Å². The molecule has 4 heteroatoms. The number of hydrogen-bond acceptors (Lipinski definition) is 4. The van der Waals surface area contributed by atoms with Crippen LogP contribution in [0.25, 0.3) is 22.3 Å². The van der Waals surface area contributed by atoms with Crippen molar-refractivity contribution in [3.63, 3.8) is 0 Å². The van der Waals surface area contributed by atoms with E-state index < -0.39 is 0 Å². The van der Waals surface area contributed by atoms with E-state index in [0.29, 0.717) is 0 Å². The lowest BCUT2D eigenvalue weighted by molar-refractivity contribution is 0.584. The van der Waals surface area contributed by atoms with E-state index in [2.05, 4.69) is 180 Å². The fourth-order valence-corrected chi connectivity index (χ4v) is 11.1. The molecule has 2 nitrogen and oxygen atoms in total. The zero-order valence-corrected chi connectivity index (χ0v) is 35.3. The van der Waals surface area contributed by atoms with Gasteiger partial charge in [0.15, 0.2) is 0 Å². The molecule has 0 saturated carbocycles. The Balaban J connectivity index is 1.24. The van der Waals surface area contributed by atoms with E-state index in [9.17, 15) is 0 Å². The number of benzene rings is 4. The van der Waals surface area contributed by atoms with Crippen molar-refractivity contribution in [1.29, 1.82) is 0 Å². The fourth-order valence-electron chi connectivity index (χ4n) is 8.74. The largest absolute Gasteiger partial charge is 0.306 e. The molecular weight excluding hydrogens is 669 g/mol. The third-order valence-corrected chi connectivity index (χ3v) is 14.8. The standard InChI is InChI=1S/C48H54N2S2/c1-27-29(3)51-43(49(27)33-17-21-39-37(25-33)35-19-15-31(45(5,6)7)23-41(35)47(39,11)12)44-50(28(2)30(4)52-44)34-18-22-40-38(26-34)36-20-16-32(46(8,9)10)24-42(36)48(40,13)14/h15-26H,1-14H3/b44-43+. The third-order valence-electron chi connectivity index (χ3n) is 12.3. The predicted octanol–water partition coefficient (Wildman–Crippen LogP) is 14.3.